The number of nitrogens with one attached hydrogen (secondary N) is 1. The van der Waals surface area contributed by atoms with Crippen molar-refractivity contribution in [1.29, 1.82) is 0 Å². The van der Waals surface area contributed by atoms with Crippen LogP contribution in [0.25, 0.3) is 0 Å². The van der Waals surface area contributed by atoms with Gasteiger partial charge in [0.1, 0.15) is 0 Å². The van der Waals surface area contributed by atoms with Gasteiger partial charge in [-0.25, -0.2) is 0 Å². The van der Waals surface area contributed by atoms with E-state index in [4.69, 9.17) is 17.3 Å². The lowest BCUT2D eigenvalue weighted by Crippen LogP contribution is -2.40. The van der Waals surface area contributed by atoms with Crippen LogP contribution in [0.4, 0.5) is 0 Å². The maximum absolute atomic E-state index is 12.4. The summed E-state index contributed by atoms with van der Waals surface area (Å²) in [6.07, 6.45) is 4.35. The van der Waals surface area contributed by atoms with Gasteiger partial charge in [-0.3, -0.25) is 4.79 Å². The van der Waals surface area contributed by atoms with E-state index >= 15 is 0 Å². The fraction of sp³-hybridized carbons (Fsp3) is 0.562. The second-order valence-electron chi connectivity index (χ2n) is 5.67. The third-order valence-corrected chi connectivity index (χ3v) is 4.53. The van der Waals surface area contributed by atoms with E-state index in [1.165, 1.54) is 6.42 Å². The van der Waals surface area contributed by atoms with Crippen molar-refractivity contribution in [3.8, 4) is 0 Å². The van der Waals surface area contributed by atoms with E-state index in [-0.39, 0.29) is 17.9 Å². The van der Waals surface area contributed by atoms with Crippen LogP contribution >= 0.6 is 11.6 Å². The smallest absolute Gasteiger partial charge is 0.223 e. The Kier molecular flexibility index (Phi) is 5.44. The first kappa shape index (κ1) is 15.3. The molecule has 1 aliphatic rings. The molecule has 0 saturated heterocycles. The highest BCUT2D eigenvalue weighted by Gasteiger charge is 2.30. The first-order chi connectivity index (χ1) is 9.61. The van der Waals surface area contributed by atoms with Gasteiger partial charge < -0.3 is 11.1 Å². The summed E-state index contributed by atoms with van der Waals surface area (Å²) in [5, 5.41) is 3.82. The van der Waals surface area contributed by atoms with Gasteiger partial charge in [0.05, 0.1) is 6.04 Å². The molecule has 3 nitrogen and oxygen atoms in total. The lowest BCUT2D eigenvalue weighted by Gasteiger charge is -2.30. The molecule has 2 rings (SSSR count). The van der Waals surface area contributed by atoms with Crippen molar-refractivity contribution >= 4 is 17.5 Å². The minimum atomic E-state index is 0.000109. The van der Waals surface area contributed by atoms with Crippen LogP contribution in [0.3, 0.4) is 0 Å². The molecule has 20 heavy (non-hydrogen) atoms. The second kappa shape index (κ2) is 7.09. The van der Waals surface area contributed by atoms with Crippen molar-refractivity contribution in [1.82, 2.24) is 5.32 Å². The molecule has 1 fully saturated rings. The predicted molar refractivity (Wildman–Crippen MR) is 82.5 cm³/mol. The number of benzene rings is 1. The zero-order chi connectivity index (χ0) is 14.5. The molecular formula is C16H23ClN2O. The molecule has 1 aromatic rings. The third-order valence-electron chi connectivity index (χ3n) is 4.28. The average molecular weight is 295 g/mol. The summed E-state index contributed by atoms with van der Waals surface area (Å²) in [6, 6.07) is 7.61. The molecule has 3 N–H and O–H groups in total. The average Bonchev–Trinajstić information content (AvgIpc) is 2.47. The Hall–Kier alpha value is -1.06. The summed E-state index contributed by atoms with van der Waals surface area (Å²) in [6.45, 7) is 2.61. The van der Waals surface area contributed by atoms with Crippen LogP contribution < -0.4 is 11.1 Å². The number of halogens is 1. The summed E-state index contributed by atoms with van der Waals surface area (Å²) < 4.78 is 0. The van der Waals surface area contributed by atoms with Gasteiger partial charge in [0.2, 0.25) is 5.91 Å². The van der Waals surface area contributed by atoms with Crippen LogP contribution in [-0.4, -0.2) is 12.5 Å². The second-order valence-corrected chi connectivity index (χ2v) is 6.10. The Morgan fingerprint density at radius 1 is 1.35 bits per heavy atom. The van der Waals surface area contributed by atoms with Crippen LogP contribution in [-0.2, 0) is 4.79 Å². The van der Waals surface area contributed by atoms with Crippen molar-refractivity contribution in [2.24, 2.45) is 17.6 Å². The molecule has 0 bridgehead atoms. The minimum absolute atomic E-state index is 0.000109. The lowest BCUT2D eigenvalue weighted by atomic mass is 9.78. The van der Waals surface area contributed by atoms with E-state index in [9.17, 15) is 4.79 Å². The van der Waals surface area contributed by atoms with Gasteiger partial charge in [0.15, 0.2) is 0 Å². The highest BCUT2D eigenvalue weighted by molar-refractivity contribution is 6.30. The lowest BCUT2D eigenvalue weighted by molar-refractivity contribution is -0.128. The SMILES string of the molecule is C[C@@H](NC(=O)C1CCCCC1CN)c1ccc(Cl)cc1. The maximum Gasteiger partial charge on any atom is 0.223 e. The van der Waals surface area contributed by atoms with E-state index in [1.807, 2.05) is 31.2 Å². The normalized spacial score (nSPS) is 24.1. The van der Waals surface area contributed by atoms with E-state index in [2.05, 4.69) is 5.32 Å². The van der Waals surface area contributed by atoms with Gasteiger partial charge in [-0.2, -0.15) is 0 Å². The van der Waals surface area contributed by atoms with Crippen LogP contribution in [0, 0.1) is 11.8 Å². The third kappa shape index (κ3) is 3.74. The van der Waals surface area contributed by atoms with Crippen LogP contribution in [0.5, 0.6) is 0 Å². The largest absolute Gasteiger partial charge is 0.349 e. The standard InChI is InChI=1S/C16H23ClN2O/c1-11(12-6-8-14(17)9-7-12)19-16(20)15-5-3-2-4-13(15)10-18/h6-9,11,13,15H,2-5,10,18H2,1H3,(H,19,20)/t11-,13?,15?/m1/s1. The Morgan fingerprint density at radius 2 is 2.00 bits per heavy atom. The molecule has 110 valence electrons. The number of amides is 1. The van der Waals surface area contributed by atoms with Gasteiger partial charge in [0.25, 0.3) is 0 Å². The molecule has 0 aliphatic heterocycles. The van der Waals surface area contributed by atoms with Gasteiger partial charge >= 0.3 is 0 Å². The van der Waals surface area contributed by atoms with Crippen LogP contribution in [0.2, 0.25) is 5.02 Å². The van der Waals surface area contributed by atoms with Crippen LogP contribution in [0.1, 0.15) is 44.2 Å². The molecule has 1 saturated carbocycles. The maximum atomic E-state index is 12.4. The molecule has 1 aromatic carbocycles. The van der Waals surface area contributed by atoms with Crippen molar-refractivity contribution < 1.29 is 4.79 Å². The number of carbonyl (C=O) groups excluding carboxylic acids is 1. The topological polar surface area (TPSA) is 55.1 Å². The molecule has 3 atom stereocenters. The molecule has 1 aliphatic carbocycles. The fourth-order valence-corrected chi connectivity index (χ4v) is 3.12. The Bertz CT molecular complexity index is 446. The quantitative estimate of drug-likeness (QED) is 0.895. The highest BCUT2D eigenvalue weighted by Crippen LogP contribution is 2.30. The molecule has 1 amide bonds. The van der Waals surface area contributed by atoms with Crippen molar-refractivity contribution in [2.45, 2.75) is 38.6 Å². The van der Waals surface area contributed by atoms with Gasteiger partial charge in [-0.1, -0.05) is 36.6 Å². The molecule has 0 radical (unpaired) electrons. The molecule has 0 heterocycles. The first-order valence-corrected chi connectivity index (χ1v) is 7.75. The van der Waals surface area contributed by atoms with Crippen molar-refractivity contribution in [2.75, 3.05) is 6.54 Å². The number of hydrogen-bond acceptors (Lipinski definition) is 2. The van der Waals surface area contributed by atoms with E-state index in [0.29, 0.717) is 17.5 Å². The summed E-state index contributed by atoms with van der Waals surface area (Å²) >= 11 is 5.88. The molecule has 0 aromatic heterocycles. The van der Waals surface area contributed by atoms with E-state index in [1.54, 1.807) is 0 Å². The molecule has 2 unspecified atom stereocenters. The summed E-state index contributed by atoms with van der Waals surface area (Å²) in [4.78, 5) is 12.4. The van der Waals surface area contributed by atoms with Gasteiger partial charge in [-0.05, 0) is 49.9 Å². The van der Waals surface area contributed by atoms with Gasteiger partial charge in [-0.15, -0.1) is 0 Å². The van der Waals surface area contributed by atoms with Crippen molar-refractivity contribution in [3.63, 3.8) is 0 Å². The molecule has 0 spiro atoms. The van der Waals surface area contributed by atoms with Crippen LogP contribution in [0.15, 0.2) is 24.3 Å². The van der Waals surface area contributed by atoms with E-state index < -0.39 is 0 Å². The summed E-state index contributed by atoms with van der Waals surface area (Å²) in [5.74, 6) is 0.548. The summed E-state index contributed by atoms with van der Waals surface area (Å²) in [5.41, 5.74) is 6.87. The minimum Gasteiger partial charge on any atom is -0.349 e. The zero-order valence-corrected chi connectivity index (χ0v) is 12.7. The van der Waals surface area contributed by atoms with E-state index in [0.717, 1.165) is 24.8 Å². The van der Waals surface area contributed by atoms with Gasteiger partial charge in [0, 0.05) is 10.9 Å². The molecule has 4 heteroatoms. The monoisotopic (exact) mass is 294 g/mol. The summed E-state index contributed by atoms with van der Waals surface area (Å²) in [7, 11) is 0. The fourth-order valence-electron chi connectivity index (χ4n) is 2.99. The number of rotatable bonds is 4. The Labute approximate surface area is 125 Å². The van der Waals surface area contributed by atoms with Crippen molar-refractivity contribution in [3.05, 3.63) is 34.9 Å². The highest BCUT2D eigenvalue weighted by atomic mass is 35.5. The first-order valence-electron chi connectivity index (χ1n) is 7.37. The number of hydrogen-bond donors (Lipinski definition) is 2. The Morgan fingerprint density at radius 3 is 2.65 bits per heavy atom. The zero-order valence-electron chi connectivity index (χ0n) is 11.9. The number of nitrogens with two attached hydrogens (primary N) is 1. The number of carbonyl (C=O) groups is 1. The predicted octanol–water partition coefficient (Wildman–Crippen LogP) is 3.28. The molecular weight excluding hydrogens is 272 g/mol. The Balaban J connectivity index is 1.97.